The van der Waals surface area contributed by atoms with E-state index in [0.29, 0.717) is 32.1 Å². The van der Waals surface area contributed by atoms with Crippen LogP contribution < -0.4 is 0 Å². The Balaban J connectivity index is 1.52. The third-order valence-electron chi connectivity index (χ3n) is 7.30. The van der Waals surface area contributed by atoms with Crippen molar-refractivity contribution in [3.05, 3.63) is 191 Å². The highest BCUT2D eigenvalue weighted by Gasteiger charge is 2.23. The Kier molecular flexibility index (Phi) is 9.94. The molecule has 2 heteroatoms. The predicted octanol–water partition coefficient (Wildman–Crippen LogP) is 8.41. The van der Waals surface area contributed by atoms with Gasteiger partial charge in [0.15, 0.2) is 0 Å². The summed E-state index contributed by atoms with van der Waals surface area (Å²) in [7, 11) is 0. The fourth-order valence-corrected chi connectivity index (χ4v) is 5.23. The molecule has 0 saturated carbocycles. The van der Waals surface area contributed by atoms with Crippen LogP contribution in [0.3, 0.4) is 0 Å². The molecule has 5 rings (SSSR count). The molecule has 41 heavy (non-hydrogen) atoms. The molecule has 0 aliphatic rings. The van der Waals surface area contributed by atoms with Gasteiger partial charge in [-0.2, -0.15) is 0 Å². The number of carbonyl (C=O) groups is 1. The summed E-state index contributed by atoms with van der Waals surface area (Å²) in [6.07, 6.45) is 2.94. The van der Waals surface area contributed by atoms with Gasteiger partial charge in [0, 0.05) is 24.8 Å². The average Bonchev–Trinajstić information content (AvgIpc) is 3.02. The second kappa shape index (κ2) is 14.6. The molecular weight excluding hydrogens is 500 g/mol. The summed E-state index contributed by atoms with van der Waals surface area (Å²) in [5, 5.41) is 0. The topological polar surface area (TPSA) is 26.3 Å². The largest absolute Gasteiger partial charge is 0.458 e. The predicted molar refractivity (Wildman–Crippen MR) is 168 cm³/mol. The summed E-state index contributed by atoms with van der Waals surface area (Å²) in [5.41, 5.74) is 7.61. The minimum absolute atomic E-state index is 0.229. The minimum atomic E-state index is -0.284. The van der Waals surface area contributed by atoms with E-state index in [-0.39, 0.29) is 12.1 Å². The van der Waals surface area contributed by atoms with Gasteiger partial charge in [0.05, 0.1) is 0 Å². The van der Waals surface area contributed by atoms with Gasteiger partial charge >= 0.3 is 5.97 Å². The average molecular weight is 537 g/mol. The third-order valence-corrected chi connectivity index (χ3v) is 7.30. The first kappa shape index (κ1) is 27.9. The first-order chi connectivity index (χ1) is 20.2. The molecule has 204 valence electrons. The van der Waals surface area contributed by atoms with E-state index in [1.165, 1.54) is 11.1 Å². The first-order valence-corrected chi connectivity index (χ1v) is 14.3. The van der Waals surface area contributed by atoms with Crippen LogP contribution in [0, 0.1) is 0 Å². The van der Waals surface area contributed by atoms with Gasteiger partial charge in [-0.15, -0.1) is 0 Å². The summed E-state index contributed by atoms with van der Waals surface area (Å²) >= 11 is 0. The zero-order chi connectivity index (χ0) is 28.1. The Morgan fingerprint density at radius 1 is 0.439 bits per heavy atom. The van der Waals surface area contributed by atoms with Gasteiger partial charge in [-0.25, -0.2) is 4.79 Å². The molecule has 5 aromatic carbocycles. The van der Waals surface area contributed by atoms with Crippen LogP contribution in [0.5, 0.6) is 0 Å². The number of ether oxygens (including phenoxy) is 1. The lowest BCUT2D eigenvalue weighted by molar-refractivity contribution is -0.144. The van der Waals surface area contributed by atoms with Gasteiger partial charge in [0.1, 0.15) is 6.10 Å². The van der Waals surface area contributed by atoms with E-state index >= 15 is 0 Å². The van der Waals surface area contributed by atoms with Gasteiger partial charge in [-0.3, -0.25) is 0 Å². The molecule has 0 aliphatic heterocycles. The Labute approximate surface area is 244 Å². The highest BCUT2D eigenvalue weighted by atomic mass is 16.5. The molecule has 0 aliphatic carbocycles. The molecule has 0 bridgehead atoms. The lowest BCUT2D eigenvalue weighted by atomic mass is 9.90. The number of hydrogen-bond donors (Lipinski definition) is 0. The molecule has 0 aromatic heterocycles. The Hall–Kier alpha value is -4.69. The number of esters is 1. The normalized spacial score (nSPS) is 10.8. The fraction of sp³-hybridized carbons (Fsp3) is 0.154. The van der Waals surface area contributed by atoms with E-state index in [0.717, 1.165) is 27.8 Å². The van der Waals surface area contributed by atoms with Gasteiger partial charge in [0.25, 0.3) is 0 Å². The maximum absolute atomic E-state index is 14.3. The van der Waals surface area contributed by atoms with Crippen molar-refractivity contribution in [2.45, 2.75) is 38.2 Å². The fourth-order valence-electron chi connectivity index (χ4n) is 5.23. The van der Waals surface area contributed by atoms with Crippen LogP contribution in [-0.2, 0) is 41.6 Å². The third kappa shape index (κ3) is 8.65. The van der Waals surface area contributed by atoms with E-state index in [1.54, 1.807) is 0 Å². The lowest BCUT2D eigenvalue weighted by Gasteiger charge is -2.22. The van der Waals surface area contributed by atoms with Crippen molar-refractivity contribution < 1.29 is 9.53 Å². The quantitative estimate of drug-likeness (QED) is 0.118. The molecule has 0 fully saturated rings. The van der Waals surface area contributed by atoms with Crippen molar-refractivity contribution in [2.75, 3.05) is 0 Å². The molecule has 0 unspecified atom stereocenters. The van der Waals surface area contributed by atoms with Crippen LogP contribution in [0.2, 0.25) is 0 Å². The molecule has 2 nitrogen and oxygen atoms in total. The molecule has 0 saturated heterocycles. The molecule has 5 aromatic rings. The molecule has 0 N–H and O–H groups in total. The Morgan fingerprint density at radius 3 is 1.12 bits per heavy atom. The zero-order valence-electron chi connectivity index (χ0n) is 23.4. The van der Waals surface area contributed by atoms with E-state index in [9.17, 15) is 4.79 Å². The van der Waals surface area contributed by atoms with Crippen molar-refractivity contribution in [2.24, 2.45) is 0 Å². The van der Waals surface area contributed by atoms with Crippen molar-refractivity contribution in [1.29, 1.82) is 0 Å². The van der Waals surface area contributed by atoms with E-state index in [1.807, 2.05) is 66.7 Å². The lowest BCUT2D eigenvalue weighted by Crippen LogP contribution is -2.26. The van der Waals surface area contributed by atoms with Crippen LogP contribution in [0.4, 0.5) is 0 Å². The van der Waals surface area contributed by atoms with E-state index in [2.05, 4.69) is 84.9 Å². The minimum Gasteiger partial charge on any atom is -0.458 e. The number of hydrogen-bond acceptors (Lipinski definition) is 2. The van der Waals surface area contributed by atoms with Crippen LogP contribution in [0.15, 0.2) is 163 Å². The summed E-state index contributed by atoms with van der Waals surface area (Å²) < 4.78 is 6.45. The van der Waals surface area contributed by atoms with Crippen LogP contribution in [-0.4, -0.2) is 12.1 Å². The standard InChI is InChI=1S/C39H36O2/c40-39(41-37(28-33-20-10-3-11-21-33)29-34-22-12-4-13-23-34)38(30-35-24-14-5-15-25-35)36(26-31-16-6-1-7-17-31)27-32-18-8-2-9-19-32/h1-25,37H,26-30H2. The van der Waals surface area contributed by atoms with Crippen molar-refractivity contribution >= 4 is 5.97 Å². The summed E-state index contributed by atoms with van der Waals surface area (Å²) in [4.78, 5) is 14.3. The number of rotatable bonds is 12. The number of allylic oxidation sites excluding steroid dienone is 1. The second-order valence-electron chi connectivity index (χ2n) is 10.5. The van der Waals surface area contributed by atoms with Gasteiger partial charge in [-0.05, 0) is 40.7 Å². The van der Waals surface area contributed by atoms with Crippen LogP contribution in [0.25, 0.3) is 0 Å². The molecule has 0 radical (unpaired) electrons. The van der Waals surface area contributed by atoms with Gasteiger partial charge in [0.2, 0.25) is 0 Å². The van der Waals surface area contributed by atoms with E-state index < -0.39 is 0 Å². The molecule has 0 spiro atoms. The van der Waals surface area contributed by atoms with Crippen LogP contribution in [0.1, 0.15) is 27.8 Å². The smallest absolute Gasteiger partial charge is 0.334 e. The summed E-state index contributed by atoms with van der Waals surface area (Å²) in [5.74, 6) is -0.229. The maximum atomic E-state index is 14.3. The SMILES string of the molecule is O=C(OC(Cc1ccccc1)Cc1ccccc1)C(Cc1ccccc1)=C(Cc1ccccc1)Cc1ccccc1. The van der Waals surface area contributed by atoms with E-state index in [4.69, 9.17) is 4.74 Å². The zero-order valence-corrected chi connectivity index (χ0v) is 23.4. The van der Waals surface area contributed by atoms with Crippen LogP contribution >= 0.6 is 0 Å². The Morgan fingerprint density at radius 2 is 0.756 bits per heavy atom. The monoisotopic (exact) mass is 536 g/mol. The molecule has 0 heterocycles. The molecule has 0 amide bonds. The van der Waals surface area contributed by atoms with Gasteiger partial charge in [-0.1, -0.05) is 157 Å². The summed E-state index contributed by atoms with van der Waals surface area (Å²) in [6.45, 7) is 0. The maximum Gasteiger partial charge on any atom is 0.334 e. The van der Waals surface area contributed by atoms with Gasteiger partial charge < -0.3 is 4.74 Å². The highest BCUT2D eigenvalue weighted by molar-refractivity contribution is 5.90. The van der Waals surface area contributed by atoms with Crippen molar-refractivity contribution in [1.82, 2.24) is 0 Å². The van der Waals surface area contributed by atoms with Crippen molar-refractivity contribution in [3.8, 4) is 0 Å². The molecular formula is C39H36O2. The molecule has 0 atom stereocenters. The van der Waals surface area contributed by atoms with Crippen molar-refractivity contribution in [3.63, 3.8) is 0 Å². The second-order valence-corrected chi connectivity index (χ2v) is 10.5. The summed E-state index contributed by atoms with van der Waals surface area (Å²) in [6, 6.07) is 51.6. The highest BCUT2D eigenvalue weighted by Crippen LogP contribution is 2.24. The Bertz CT molecular complexity index is 1420. The number of benzene rings is 5. The first-order valence-electron chi connectivity index (χ1n) is 14.3. The number of carbonyl (C=O) groups excluding carboxylic acids is 1.